The van der Waals surface area contributed by atoms with Gasteiger partial charge in [-0.25, -0.2) is 0 Å². The molecule has 0 spiro atoms. The summed E-state index contributed by atoms with van der Waals surface area (Å²) in [7, 11) is 0. The van der Waals surface area contributed by atoms with Crippen molar-refractivity contribution < 1.29 is 0 Å². The largest absolute Gasteiger partial charge is 0.309 e. The van der Waals surface area contributed by atoms with Gasteiger partial charge in [0.1, 0.15) is 0 Å². The van der Waals surface area contributed by atoms with Crippen LogP contribution in [0.15, 0.2) is 158 Å². The predicted octanol–water partition coefficient (Wildman–Crippen LogP) is 12.1. The Balaban J connectivity index is 1.22. The highest BCUT2D eigenvalue weighted by atomic mass is 15.0. The van der Waals surface area contributed by atoms with Crippen LogP contribution in [-0.4, -0.2) is 9.13 Å². The highest BCUT2D eigenvalue weighted by Gasteiger charge is 2.22. The van der Waals surface area contributed by atoms with Crippen LogP contribution in [0.5, 0.6) is 0 Å². The lowest BCUT2D eigenvalue weighted by Crippen LogP contribution is -1.96. The molecular formula is C45H30N2. The van der Waals surface area contributed by atoms with Crippen molar-refractivity contribution in [3.05, 3.63) is 169 Å². The molecule has 2 heteroatoms. The minimum absolute atomic E-state index is 1.17. The number of para-hydroxylation sites is 3. The molecule has 0 N–H and O–H groups in total. The number of rotatable bonds is 4. The van der Waals surface area contributed by atoms with Crippen LogP contribution in [0.25, 0.3) is 88.0 Å². The van der Waals surface area contributed by atoms with Gasteiger partial charge in [0.15, 0.2) is 0 Å². The normalized spacial score (nSPS) is 12.8. The third kappa shape index (κ3) is 3.61. The molecule has 0 unspecified atom stereocenters. The Morgan fingerprint density at radius 2 is 1.11 bits per heavy atom. The van der Waals surface area contributed by atoms with Crippen LogP contribution in [0.3, 0.4) is 0 Å². The maximum atomic E-state index is 4.19. The molecule has 1 aliphatic carbocycles. The SMILES string of the molecule is C=CC1=C(C)c2cccc3cc(-n4c5ccccc5c5ccc(-c6ccc7c(c6)c6ccccc6n7-c6ccccc6)cc54)cc1c23. The first kappa shape index (κ1) is 26.1. The van der Waals surface area contributed by atoms with Gasteiger partial charge >= 0.3 is 0 Å². The number of benzene rings is 7. The van der Waals surface area contributed by atoms with Crippen LogP contribution in [0.1, 0.15) is 18.1 Å². The van der Waals surface area contributed by atoms with Crippen molar-refractivity contribution in [1.82, 2.24) is 9.13 Å². The zero-order valence-corrected chi connectivity index (χ0v) is 26.0. The zero-order chi connectivity index (χ0) is 31.2. The number of fused-ring (bicyclic) bond motifs is 6. The molecule has 0 bridgehead atoms. The molecule has 2 aromatic heterocycles. The smallest absolute Gasteiger partial charge is 0.0547 e. The van der Waals surface area contributed by atoms with Crippen molar-refractivity contribution >= 4 is 65.5 Å². The van der Waals surface area contributed by atoms with E-state index in [-0.39, 0.29) is 0 Å². The van der Waals surface area contributed by atoms with E-state index in [2.05, 4.69) is 168 Å². The number of hydrogen-bond acceptors (Lipinski definition) is 0. The van der Waals surface area contributed by atoms with E-state index >= 15 is 0 Å². The lowest BCUT2D eigenvalue weighted by molar-refractivity contribution is 1.18. The second-order valence-corrected chi connectivity index (χ2v) is 12.6. The molecule has 9 aromatic rings. The summed E-state index contributed by atoms with van der Waals surface area (Å²) in [6.07, 6.45) is 2.02. The lowest BCUT2D eigenvalue weighted by Gasteiger charge is -2.13. The second kappa shape index (κ2) is 9.69. The fourth-order valence-electron chi connectivity index (χ4n) is 8.11. The molecule has 220 valence electrons. The van der Waals surface area contributed by atoms with E-state index in [1.807, 2.05) is 6.08 Å². The Morgan fingerprint density at radius 1 is 0.468 bits per heavy atom. The van der Waals surface area contributed by atoms with Crippen LogP contribution >= 0.6 is 0 Å². The van der Waals surface area contributed by atoms with E-state index in [4.69, 9.17) is 0 Å². The summed E-state index contributed by atoms with van der Waals surface area (Å²) >= 11 is 0. The monoisotopic (exact) mass is 598 g/mol. The molecule has 2 heterocycles. The molecule has 0 saturated heterocycles. The van der Waals surface area contributed by atoms with Crippen LogP contribution in [0.4, 0.5) is 0 Å². The maximum Gasteiger partial charge on any atom is 0.0547 e. The van der Waals surface area contributed by atoms with E-state index in [1.54, 1.807) is 0 Å². The Labute approximate surface area is 272 Å². The molecule has 0 atom stereocenters. The number of allylic oxidation sites excluding steroid dienone is 3. The molecule has 0 aliphatic heterocycles. The minimum atomic E-state index is 1.17. The predicted molar refractivity (Wildman–Crippen MR) is 201 cm³/mol. The summed E-state index contributed by atoms with van der Waals surface area (Å²) in [5.74, 6) is 0. The van der Waals surface area contributed by atoms with Crippen molar-refractivity contribution in [3.8, 4) is 22.5 Å². The molecule has 2 nitrogen and oxygen atoms in total. The molecule has 7 aromatic carbocycles. The first-order chi connectivity index (χ1) is 23.2. The molecular weight excluding hydrogens is 569 g/mol. The van der Waals surface area contributed by atoms with Gasteiger partial charge < -0.3 is 9.13 Å². The molecule has 0 amide bonds. The van der Waals surface area contributed by atoms with E-state index in [0.29, 0.717) is 0 Å². The van der Waals surface area contributed by atoms with Crippen molar-refractivity contribution in [2.24, 2.45) is 0 Å². The van der Waals surface area contributed by atoms with E-state index in [9.17, 15) is 0 Å². The Morgan fingerprint density at radius 3 is 1.89 bits per heavy atom. The molecule has 10 rings (SSSR count). The van der Waals surface area contributed by atoms with Crippen LogP contribution in [-0.2, 0) is 0 Å². The van der Waals surface area contributed by atoms with Gasteiger partial charge in [0.05, 0.1) is 22.1 Å². The minimum Gasteiger partial charge on any atom is -0.309 e. The van der Waals surface area contributed by atoms with Crippen molar-refractivity contribution in [2.75, 3.05) is 0 Å². The molecule has 47 heavy (non-hydrogen) atoms. The summed E-state index contributed by atoms with van der Waals surface area (Å²) in [6, 6.07) is 53.4. The highest BCUT2D eigenvalue weighted by molar-refractivity contribution is 6.17. The fourth-order valence-corrected chi connectivity index (χ4v) is 8.11. The van der Waals surface area contributed by atoms with Gasteiger partial charge in [0.2, 0.25) is 0 Å². The van der Waals surface area contributed by atoms with E-state index < -0.39 is 0 Å². The summed E-state index contributed by atoms with van der Waals surface area (Å²) in [4.78, 5) is 0. The number of aromatic nitrogens is 2. The zero-order valence-electron chi connectivity index (χ0n) is 26.0. The van der Waals surface area contributed by atoms with Crippen molar-refractivity contribution in [2.45, 2.75) is 6.92 Å². The van der Waals surface area contributed by atoms with E-state index in [0.717, 1.165) is 0 Å². The maximum absolute atomic E-state index is 4.19. The van der Waals surface area contributed by atoms with Gasteiger partial charge in [-0.1, -0.05) is 104 Å². The molecule has 0 radical (unpaired) electrons. The Bertz CT molecular complexity index is 2800. The standard InChI is InChI=1S/C45H30N2/c1-3-34-28(2)35-17-11-12-31-24-33(27-40(34)45(31)35)47-41-18-9-7-15-36(41)38-22-20-30(26-44(38)47)29-21-23-43-39(25-29)37-16-8-10-19-42(37)46(43)32-13-5-4-6-14-32/h3-27H,1H2,2H3. The summed E-state index contributed by atoms with van der Waals surface area (Å²) < 4.78 is 4.82. The second-order valence-electron chi connectivity index (χ2n) is 12.6. The average molecular weight is 599 g/mol. The summed E-state index contributed by atoms with van der Waals surface area (Å²) in [5.41, 5.74) is 14.7. The van der Waals surface area contributed by atoms with E-state index in [1.165, 1.54) is 99.2 Å². The van der Waals surface area contributed by atoms with Gasteiger partial charge in [-0.2, -0.15) is 0 Å². The summed E-state index contributed by atoms with van der Waals surface area (Å²) in [5, 5.41) is 7.62. The van der Waals surface area contributed by atoms with Crippen LogP contribution in [0, 0.1) is 0 Å². The Kier molecular flexibility index (Phi) is 5.39. The van der Waals surface area contributed by atoms with Crippen molar-refractivity contribution in [3.63, 3.8) is 0 Å². The van der Waals surface area contributed by atoms with Gasteiger partial charge in [-0.15, -0.1) is 0 Å². The van der Waals surface area contributed by atoms with Gasteiger partial charge in [0, 0.05) is 32.9 Å². The lowest BCUT2D eigenvalue weighted by atomic mass is 10.00. The van der Waals surface area contributed by atoms with Crippen LogP contribution < -0.4 is 0 Å². The first-order valence-electron chi connectivity index (χ1n) is 16.2. The van der Waals surface area contributed by atoms with Gasteiger partial charge in [-0.3, -0.25) is 0 Å². The Hall–Kier alpha value is -6.12. The topological polar surface area (TPSA) is 9.86 Å². The summed E-state index contributed by atoms with van der Waals surface area (Å²) in [6.45, 7) is 6.41. The molecule has 1 aliphatic rings. The number of hydrogen-bond donors (Lipinski definition) is 0. The molecule has 0 saturated carbocycles. The molecule has 0 fully saturated rings. The fraction of sp³-hybridized carbons (Fsp3) is 0.0222. The number of nitrogens with zero attached hydrogens (tertiary/aromatic N) is 2. The first-order valence-corrected chi connectivity index (χ1v) is 16.2. The van der Waals surface area contributed by atoms with Crippen molar-refractivity contribution in [1.29, 1.82) is 0 Å². The van der Waals surface area contributed by atoms with Gasteiger partial charge in [-0.05, 0) is 106 Å². The highest BCUT2D eigenvalue weighted by Crippen LogP contribution is 2.45. The third-order valence-electron chi connectivity index (χ3n) is 10.2. The third-order valence-corrected chi connectivity index (χ3v) is 10.2. The van der Waals surface area contributed by atoms with Crippen LogP contribution in [0.2, 0.25) is 0 Å². The quantitative estimate of drug-likeness (QED) is 0.191. The average Bonchev–Trinajstić information content (AvgIpc) is 3.73. The van der Waals surface area contributed by atoms with Gasteiger partial charge in [0.25, 0.3) is 0 Å².